The monoisotopic (exact) mass is 387 g/mol. The third-order valence-electron chi connectivity index (χ3n) is 6.48. The van der Waals surface area contributed by atoms with E-state index in [2.05, 4.69) is 15.5 Å². The number of hydrogen-bond acceptors (Lipinski definition) is 5. The molecule has 2 N–H and O–H groups in total. The minimum absolute atomic E-state index is 0.00222. The van der Waals surface area contributed by atoms with Crippen molar-refractivity contribution in [3.05, 3.63) is 29.8 Å². The summed E-state index contributed by atoms with van der Waals surface area (Å²) in [5.74, 6) is 1.53. The Balaban J connectivity index is 1.32. The summed E-state index contributed by atoms with van der Waals surface area (Å²) in [4.78, 5) is 26.0. The molecule has 7 heteroatoms. The Hall–Kier alpha value is -2.12. The van der Waals surface area contributed by atoms with E-state index in [0.29, 0.717) is 31.5 Å². The summed E-state index contributed by atoms with van der Waals surface area (Å²) in [5, 5.41) is 5.96. The Morgan fingerprint density at radius 2 is 2.14 bits per heavy atom. The number of carbonyl (C=O) groups is 2. The van der Waals surface area contributed by atoms with E-state index < -0.39 is 0 Å². The molecular weight excluding hydrogens is 358 g/mol. The van der Waals surface area contributed by atoms with Crippen molar-refractivity contribution in [2.75, 3.05) is 33.3 Å². The largest absolute Gasteiger partial charge is 0.496 e. The highest BCUT2D eigenvalue weighted by Gasteiger charge is 2.62. The first-order chi connectivity index (χ1) is 13.5. The average molecular weight is 387 g/mol. The van der Waals surface area contributed by atoms with Crippen molar-refractivity contribution in [1.82, 2.24) is 15.5 Å². The first-order valence-corrected chi connectivity index (χ1v) is 10.0. The minimum Gasteiger partial charge on any atom is -0.496 e. The highest BCUT2D eigenvalue weighted by Crippen LogP contribution is 2.54. The van der Waals surface area contributed by atoms with Crippen molar-refractivity contribution in [3.63, 3.8) is 0 Å². The first kappa shape index (κ1) is 19.2. The van der Waals surface area contributed by atoms with Gasteiger partial charge in [0.15, 0.2) is 0 Å². The number of methoxy groups -OCH3 is 1. The van der Waals surface area contributed by atoms with Gasteiger partial charge in [0.25, 0.3) is 0 Å². The van der Waals surface area contributed by atoms with Crippen LogP contribution in [0.25, 0.3) is 0 Å². The van der Waals surface area contributed by atoms with E-state index in [1.807, 2.05) is 24.3 Å². The summed E-state index contributed by atoms with van der Waals surface area (Å²) in [6.07, 6.45) is 2.35. The van der Waals surface area contributed by atoms with Crippen molar-refractivity contribution in [1.29, 1.82) is 0 Å². The van der Waals surface area contributed by atoms with E-state index >= 15 is 0 Å². The van der Waals surface area contributed by atoms with Crippen LogP contribution in [0.5, 0.6) is 5.75 Å². The molecule has 1 aromatic rings. The van der Waals surface area contributed by atoms with E-state index in [-0.39, 0.29) is 23.5 Å². The molecule has 3 aliphatic heterocycles. The summed E-state index contributed by atoms with van der Waals surface area (Å²) >= 11 is 0. The van der Waals surface area contributed by atoms with Crippen molar-refractivity contribution < 1.29 is 19.1 Å². The van der Waals surface area contributed by atoms with Crippen LogP contribution in [-0.2, 0) is 20.9 Å². The van der Waals surface area contributed by atoms with Crippen LogP contribution in [-0.4, -0.2) is 61.7 Å². The van der Waals surface area contributed by atoms with Crippen LogP contribution in [0.2, 0.25) is 0 Å². The lowest BCUT2D eigenvalue weighted by molar-refractivity contribution is -0.122. The number of likely N-dealkylation sites (tertiary alicyclic amines) is 1. The third-order valence-corrected chi connectivity index (χ3v) is 6.48. The second-order valence-electron chi connectivity index (χ2n) is 8.23. The maximum Gasteiger partial charge on any atom is 0.234 e. The van der Waals surface area contributed by atoms with E-state index in [1.54, 1.807) is 14.0 Å². The van der Waals surface area contributed by atoms with Crippen LogP contribution >= 0.6 is 0 Å². The fourth-order valence-electron chi connectivity index (χ4n) is 5.24. The summed E-state index contributed by atoms with van der Waals surface area (Å²) in [7, 11) is 1.63. The molecule has 3 fully saturated rings. The molecule has 152 valence electrons. The van der Waals surface area contributed by atoms with Gasteiger partial charge in [-0.2, -0.15) is 0 Å². The molecule has 0 unspecified atom stereocenters. The lowest BCUT2D eigenvalue weighted by atomic mass is 9.73. The van der Waals surface area contributed by atoms with Crippen molar-refractivity contribution in [2.45, 2.75) is 38.0 Å². The molecule has 7 nitrogen and oxygen atoms in total. The number of nitrogens with zero attached hydrogens (tertiary/aromatic N) is 1. The molecule has 3 heterocycles. The van der Waals surface area contributed by atoms with Crippen LogP contribution in [0.4, 0.5) is 0 Å². The molecule has 4 rings (SSSR count). The number of carbonyl (C=O) groups excluding carboxylic acids is 2. The quantitative estimate of drug-likeness (QED) is 0.728. The molecule has 3 aliphatic rings. The second kappa shape index (κ2) is 7.72. The van der Waals surface area contributed by atoms with Gasteiger partial charge in [0.1, 0.15) is 5.75 Å². The van der Waals surface area contributed by atoms with Crippen LogP contribution in [0.1, 0.15) is 25.3 Å². The number of amides is 2. The number of hydrogen-bond donors (Lipinski definition) is 2. The summed E-state index contributed by atoms with van der Waals surface area (Å²) in [5.41, 5.74) is 0.837. The molecule has 4 atom stereocenters. The number of para-hydroxylation sites is 1. The van der Waals surface area contributed by atoms with Gasteiger partial charge >= 0.3 is 0 Å². The van der Waals surface area contributed by atoms with E-state index in [1.165, 1.54) is 0 Å². The van der Waals surface area contributed by atoms with Gasteiger partial charge in [-0.1, -0.05) is 18.2 Å². The number of nitrogens with one attached hydrogen (secondary N) is 2. The lowest BCUT2D eigenvalue weighted by Crippen LogP contribution is -2.41. The predicted molar refractivity (Wildman–Crippen MR) is 104 cm³/mol. The third kappa shape index (κ3) is 3.61. The van der Waals surface area contributed by atoms with Gasteiger partial charge in [-0.15, -0.1) is 0 Å². The van der Waals surface area contributed by atoms with E-state index in [4.69, 9.17) is 9.47 Å². The SMILES string of the molecule is COc1ccccc1CNC(=O)CN1C[C@@H]2[C@H](CNC(C)=O)[C@H]3CC[C@]2(C1)O3. The first-order valence-electron chi connectivity index (χ1n) is 10.0. The predicted octanol–water partition coefficient (Wildman–Crippen LogP) is 0.927. The Bertz CT molecular complexity index is 755. The Morgan fingerprint density at radius 3 is 2.93 bits per heavy atom. The minimum atomic E-state index is -0.128. The molecule has 2 amide bonds. The van der Waals surface area contributed by atoms with Crippen LogP contribution in [0.15, 0.2) is 24.3 Å². The lowest BCUT2D eigenvalue weighted by Gasteiger charge is -2.29. The maximum absolute atomic E-state index is 12.5. The molecular formula is C21H29N3O4. The standard InChI is InChI=1S/C21H29N3O4/c1-14(25)22-10-16-17-11-24(13-21(17)8-7-19(16)28-21)12-20(26)23-9-15-5-3-4-6-18(15)27-2/h3-6,16-17,19H,7-13H2,1-2H3,(H,22,25)(H,23,26)/t16-,17+,19+,21+/m0/s1. The zero-order valence-corrected chi connectivity index (χ0v) is 16.6. The summed E-state index contributed by atoms with van der Waals surface area (Å²) in [6, 6.07) is 7.70. The van der Waals surface area contributed by atoms with Gasteiger partial charge in [-0.05, 0) is 18.9 Å². The number of ether oxygens (including phenoxy) is 2. The fourth-order valence-corrected chi connectivity index (χ4v) is 5.24. The smallest absolute Gasteiger partial charge is 0.234 e. The van der Waals surface area contributed by atoms with Crippen LogP contribution in [0, 0.1) is 11.8 Å². The van der Waals surface area contributed by atoms with Crippen molar-refractivity contribution in [2.24, 2.45) is 11.8 Å². The fraction of sp³-hybridized carbons (Fsp3) is 0.619. The highest BCUT2D eigenvalue weighted by molar-refractivity contribution is 5.78. The molecule has 3 saturated heterocycles. The normalized spacial score (nSPS) is 30.9. The second-order valence-corrected chi connectivity index (χ2v) is 8.23. The number of benzene rings is 1. The summed E-state index contributed by atoms with van der Waals surface area (Å²) < 4.78 is 11.7. The van der Waals surface area contributed by atoms with Gasteiger partial charge in [-0.25, -0.2) is 0 Å². The Kier molecular flexibility index (Phi) is 5.29. The van der Waals surface area contributed by atoms with E-state index in [9.17, 15) is 9.59 Å². The van der Waals surface area contributed by atoms with Crippen molar-refractivity contribution >= 4 is 11.8 Å². The van der Waals surface area contributed by atoms with Crippen LogP contribution in [0.3, 0.4) is 0 Å². The molecule has 0 saturated carbocycles. The van der Waals surface area contributed by atoms with Gasteiger partial charge < -0.3 is 20.1 Å². The molecule has 28 heavy (non-hydrogen) atoms. The summed E-state index contributed by atoms with van der Waals surface area (Å²) in [6.45, 7) is 4.69. The molecule has 0 aliphatic carbocycles. The van der Waals surface area contributed by atoms with E-state index in [0.717, 1.165) is 37.2 Å². The zero-order valence-electron chi connectivity index (χ0n) is 16.6. The van der Waals surface area contributed by atoms with Gasteiger partial charge in [-0.3, -0.25) is 14.5 Å². The Morgan fingerprint density at radius 1 is 1.32 bits per heavy atom. The van der Waals surface area contributed by atoms with Crippen molar-refractivity contribution in [3.8, 4) is 5.75 Å². The van der Waals surface area contributed by atoms with Gasteiger partial charge in [0.05, 0.1) is 25.4 Å². The maximum atomic E-state index is 12.5. The van der Waals surface area contributed by atoms with Gasteiger partial charge in [0.2, 0.25) is 11.8 Å². The van der Waals surface area contributed by atoms with Crippen LogP contribution < -0.4 is 15.4 Å². The average Bonchev–Trinajstić information content (AvgIpc) is 3.32. The molecule has 1 aromatic carbocycles. The molecule has 1 spiro atoms. The molecule has 0 aromatic heterocycles. The molecule has 0 radical (unpaired) electrons. The highest BCUT2D eigenvalue weighted by atomic mass is 16.5. The topological polar surface area (TPSA) is 79.9 Å². The Labute approximate surface area is 165 Å². The van der Waals surface area contributed by atoms with Gasteiger partial charge in [0, 0.05) is 50.5 Å². The number of rotatable bonds is 7. The zero-order chi connectivity index (χ0) is 19.7. The molecule has 2 bridgehead atoms. The number of fused-ring (bicyclic) bond motifs is 1.